The van der Waals surface area contributed by atoms with Crippen LogP contribution in [0.2, 0.25) is 0 Å². The van der Waals surface area contributed by atoms with Crippen LogP contribution >= 0.6 is 11.6 Å². The van der Waals surface area contributed by atoms with E-state index in [-0.39, 0.29) is 17.7 Å². The summed E-state index contributed by atoms with van der Waals surface area (Å²) in [5, 5.41) is -0.312. The van der Waals surface area contributed by atoms with E-state index in [2.05, 4.69) is 0 Å². The third-order valence-electron chi connectivity index (χ3n) is 2.56. The lowest BCUT2D eigenvalue weighted by atomic mass is 10.1. The summed E-state index contributed by atoms with van der Waals surface area (Å²) in [6.07, 6.45) is -1.21. The van der Waals surface area contributed by atoms with Gasteiger partial charge in [-0.3, -0.25) is 14.4 Å². The van der Waals surface area contributed by atoms with Crippen molar-refractivity contribution in [3.63, 3.8) is 0 Å². The maximum Gasteiger partial charge on any atom is 0.285 e. The molecule has 1 aliphatic rings. The van der Waals surface area contributed by atoms with Crippen LogP contribution in [0.25, 0.3) is 0 Å². The maximum atomic E-state index is 12.0. The number of nitrogens with zero attached hydrogens (tertiary/aromatic N) is 1. The van der Waals surface area contributed by atoms with Gasteiger partial charge in [0.2, 0.25) is 0 Å². The minimum Gasteiger partial charge on any atom is -0.381 e. The predicted octanol–water partition coefficient (Wildman–Crippen LogP) is 0.995. The largest absolute Gasteiger partial charge is 0.381 e. The van der Waals surface area contributed by atoms with Crippen LogP contribution < -0.4 is 0 Å². The Morgan fingerprint density at radius 3 is 2.21 bits per heavy atom. The second-order valence-corrected chi connectivity index (χ2v) is 4.18. The van der Waals surface area contributed by atoms with Crippen LogP contribution in [0, 0.1) is 0 Å². The lowest BCUT2D eigenvalue weighted by molar-refractivity contribution is -0.159. The fourth-order valence-electron chi connectivity index (χ4n) is 1.68. The number of ether oxygens (including phenoxy) is 1. The van der Waals surface area contributed by atoms with Crippen LogP contribution in [0.3, 0.4) is 0 Å². The fraction of sp³-hybridized carbons (Fsp3) is 0.250. The number of methoxy groups -OCH3 is 1. The molecule has 0 saturated heterocycles. The second-order valence-electron chi connectivity index (χ2n) is 3.80. The Kier molecular flexibility index (Phi) is 3.94. The van der Waals surface area contributed by atoms with E-state index < -0.39 is 23.2 Å². The summed E-state index contributed by atoms with van der Waals surface area (Å²) in [4.78, 5) is 40.1. The number of hydrogen-bond donors (Lipinski definition) is 0. The molecule has 1 aromatic carbocycles. The molecule has 1 heterocycles. The highest BCUT2D eigenvalue weighted by molar-refractivity contribution is 6.64. The Balaban J connectivity index is 2.22. The first-order chi connectivity index (χ1) is 9.06. The molecule has 1 unspecified atom stereocenters. The van der Waals surface area contributed by atoms with E-state index in [1.807, 2.05) is 0 Å². The minimum atomic E-state index is -1.21. The van der Waals surface area contributed by atoms with Gasteiger partial charge in [0.05, 0.1) is 17.7 Å². The van der Waals surface area contributed by atoms with Crippen molar-refractivity contribution in [1.82, 2.24) is 5.06 Å². The minimum absolute atomic E-state index is 0.157. The number of hydrogen-bond acceptors (Lipinski definition) is 5. The van der Waals surface area contributed by atoms with Crippen molar-refractivity contribution < 1.29 is 24.0 Å². The number of fused-ring (bicyclic) bond motifs is 1. The molecule has 1 atom stereocenters. The van der Waals surface area contributed by atoms with Crippen molar-refractivity contribution in [3.8, 4) is 0 Å². The number of hydroxylamine groups is 2. The Morgan fingerprint density at radius 1 is 1.26 bits per heavy atom. The van der Waals surface area contributed by atoms with Crippen molar-refractivity contribution >= 4 is 28.7 Å². The van der Waals surface area contributed by atoms with Gasteiger partial charge in [-0.25, -0.2) is 4.84 Å². The molecule has 0 spiro atoms. The van der Waals surface area contributed by atoms with Crippen molar-refractivity contribution in [2.24, 2.45) is 0 Å². The standard InChI is InChI=1S/C12H10ClNO5/c1-18-6-9(10(13)15)19-14-11(16)7-4-2-3-5-8(7)12(14)17/h2-5,9H,6H2,1H3. The highest BCUT2D eigenvalue weighted by Gasteiger charge is 2.39. The number of benzene rings is 1. The van der Waals surface area contributed by atoms with Gasteiger partial charge < -0.3 is 4.74 Å². The van der Waals surface area contributed by atoms with E-state index in [1.54, 1.807) is 12.1 Å². The summed E-state index contributed by atoms with van der Waals surface area (Å²) in [7, 11) is 1.35. The van der Waals surface area contributed by atoms with Gasteiger partial charge in [-0.1, -0.05) is 12.1 Å². The maximum absolute atomic E-state index is 12.0. The Labute approximate surface area is 113 Å². The van der Waals surface area contributed by atoms with Crippen LogP contribution in [0.15, 0.2) is 24.3 Å². The molecule has 1 aromatic rings. The van der Waals surface area contributed by atoms with E-state index in [0.717, 1.165) is 0 Å². The SMILES string of the molecule is COCC(ON1C(=O)c2ccccc2C1=O)C(=O)Cl. The normalized spacial score (nSPS) is 15.6. The molecular formula is C12H10ClNO5. The average molecular weight is 284 g/mol. The van der Waals surface area contributed by atoms with Gasteiger partial charge in [0.15, 0.2) is 6.10 Å². The summed E-state index contributed by atoms with van der Waals surface area (Å²) >= 11 is 5.31. The van der Waals surface area contributed by atoms with Crippen LogP contribution in [-0.2, 0) is 14.4 Å². The molecule has 1 aliphatic heterocycles. The molecule has 2 amide bonds. The number of amides is 2. The summed E-state index contributed by atoms with van der Waals surface area (Å²) < 4.78 is 4.74. The molecule has 0 radical (unpaired) electrons. The zero-order chi connectivity index (χ0) is 14.0. The van der Waals surface area contributed by atoms with E-state index in [0.29, 0.717) is 5.06 Å². The van der Waals surface area contributed by atoms with Crippen molar-refractivity contribution in [2.45, 2.75) is 6.10 Å². The molecule has 0 saturated carbocycles. The molecule has 100 valence electrons. The topological polar surface area (TPSA) is 72.9 Å². The molecule has 7 heteroatoms. The molecule has 0 bridgehead atoms. The van der Waals surface area contributed by atoms with Crippen LogP contribution in [0.1, 0.15) is 20.7 Å². The third-order valence-corrected chi connectivity index (χ3v) is 2.80. The molecule has 6 nitrogen and oxygen atoms in total. The molecule has 19 heavy (non-hydrogen) atoms. The van der Waals surface area contributed by atoms with Gasteiger partial charge in [0.25, 0.3) is 17.1 Å². The second kappa shape index (κ2) is 5.48. The molecule has 0 aromatic heterocycles. The van der Waals surface area contributed by atoms with Crippen molar-refractivity contribution in [1.29, 1.82) is 0 Å². The van der Waals surface area contributed by atoms with Gasteiger partial charge >= 0.3 is 0 Å². The lowest BCUT2D eigenvalue weighted by Gasteiger charge is -2.18. The average Bonchev–Trinajstić information content (AvgIpc) is 2.63. The van der Waals surface area contributed by atoms with Gasteiger partial charge in [0.1, 0.15) is 0 Å². The molecule has 0 aliphatic carbocycles. The Bertz CT molecular complexity index is 510. The quantitative estimate of drug-likeness (QED) is 0.595. The summed E-state index contributed by atoms with van der Waals surface area (Å²) in [6.45, 7) is -0.157. The lowest BCUT2D eigenvalue weighted by Crippen LogP contribution is -2.39. The first kappa shape index (κ1) is 13.7. The summed E-state index contributed by atoms with van der Waals surface area (Å²) in [5.41, 5.74) is 0.455. The highest BCUT2D eigenvalue weighted by atomic mass is 35.5. The first-order valence-electron chi connectivity index (χ1n) is 5.39. The fourth-order valence-corrected chi connectivity index (χ4v) is 1.78. The zero-order valence-corrected chi connectivity index (χ0v) is 10.7. The first-order valence-corrected chi connectivity index (χ1v) is 5.77. The van der Waals surface area contributed by atoms with Gasteiger partial charge in [-0.15, -0.1) is 5.06 Å². The van der Waals surface area contributed by atoms with Crippen LogP contribution in [0.4, 0.5) is 0 Å². The van der Waals surface area contributed by atoms with Crippen molar-refractivity contribution in [2.75, 3.05) is 13.7 Å². The molecule has 0 N–H and O–H groups in total. The number of carbonyl (C=O) groups is 3. The number of rotatable bonds is 5. The number of imide groups is 1. The van der Waals surface area contributed by atoms with Gasteiger partial charge in [0, 0.05) is 7.11 Å². The number of carbonyl (C=O) groups excluding carboxylic acids is 3. The molecular weight excluding hydrogens is 274 g/mol. The molecule has 2 rings (SSSR count). The Hall–Kier alpha value is -1.76. The summed E-state index contributed by atoms with van der Waals surface area (Å²) in [5.74, 6) is -1.25. The Morgan fingerprint density at radius 2 is 1.79 bits per heavy atom. The summed E-state index contributed by atoms with van der Waals surface area (Å²) in [6, 6.07) is 6.28. The van der Waals surface area contributed by atoms with E-state index in [1.165, 1.54) is 19.2 Å². The highest BCUT2D eigenvalue weighted by Crippen LogP contribution is 2.23. The molecule has 0 fully saturated rings. The van der Waals surface area contributed by atoms with Crippen molar-refractivity contribution in [3.05, 3.63) is 35.4 Å². The predicted molar refractivity (Wildman–Crippen MR) is 64.6 cm³/mol. The zero-order valence-electron chi connectivity index (χ0n) is 9.96. The van der Waals surface area contributed by atoms with Crippen LogP contribution in [-0.4, -0.2) is 41.9 Å². The number of halogens is 1. The van der Waals surface area contributed by atoms with E-state index in [9.17, 15) is 14.4 Å². The smallest absolute Gasteiger partial charge is 0.285 e. The van der Waals surface area contributed by atoms with Gasteiger partial charge in [-0.2, -0.15) is 0 Å². The van der Waals surface area contributed by atoms with E-state index >= 15 is 0 Å². The van der Waals surface area contributed by atoms with Gasteiger partial charge in [-0.05, 0) is 23.7 Å². The third kappa shape index (κ3) is 2.51. The van der Waals surface area contributed by atoms with Crippen LogP contribution in [0.5, 0.6) is 0 Å². The van der Waals surface area contributed by atoms with E-state index in [4.69, 9.17) is 21.2 Å². The monoisotopic (exact) mass is 283 g/mol.